The van der Waals surface area contributed by atoms with Crippen molar-refractivity contribution in [3.8, 4) is 0 Å². The van der Waals surface area contributed by atoms with E-state index < -0.39 is 10.2 Å². The second-order valence-electron chi connectivity index (χ2n) is 4.34. The Balaban J connectivity index is 3.14. The minimum Gasteiger partial charge on any atom is -0.330 e. The Morgan fingerprint density at radius 1 is 1.28 bits per heavy atom. The van der Waals surface area contributed by atoms with E-state index in [2.05, 4.69) is 0 Å². The largest absolute Gasteiger partial charge is 0.330 e. The molecule has 0 aromatic heterocycles. The summed E-state index contributed by atoms with van der Waals surface area (Å²) in [5, 5.41) is 0. The second-order valence-corrected chi connectivity index (χ2v) is 6.41. The van der Waals surface area contributed by atoms with Crippen molar-refractivity contribution in [1.82, 2.24) is 4.31 Å². The molecule has 0 bridgehead atoms. The Morgan fingerprint density at radius 2 is 1.94 bits per heavy atom. The van der Waals surface area contributed by atoms with Gasteiger partial charge < -0.3 is 5.73 Å². The zero-order valence-corrected chi connectivity index (χ0v) is 11.9. The molecule has 0 saturated carbocycles. The molecular weight excluding hydrogens is 250 g/mol. The third-order valence-electron chi connectivity index (χ3n) is 2.59. The highest BCUT2D eigenvalue weighted by Crippen LogP contribution is 2.20. The molecule has 0 aliphatic carbocycles. The van der Waals surface area contributed by atoms with Crippen molar-refractivity contribution < 1.29 is 8.42 Å². The van der Waals surface area contributed by atoms with Gasteiger partial charge in [-0.3, -0.25) is 4.31 Å². The fraction of sp³-hybridized carbons (Fsp3) is 0.500. The summed E-state index contributed by atoms with van der Waals surface area (Å²) in [5.74, 6) is 0. The van der Waals surface area contributed by atoms with Crippen LogP contribution in [-0.2, 0) is 10.2 Å². The van der Waals surface area contributed by atoms with Gasteiger partial charge in [0.15, 0.2) is 0 Å². The van der Waals surface area contributed by atoms with Gasteiger partial charge in [-0.05, 0) is 37.6 Å². The Bertz CT molecular complexity index is 486. The summed E-state index contributed by atoms with van der Waals surface area (Å²) in [6, 6.07) is 7.44. The van der Waals surface area contributed by atoms with E-state index in [1.54, 1.807) is 6.07 Å². The number of rotatable bonds is 6. The number of aryl methyl sites for hydroxylation is 1. The third-order valence-corrected chi connectivity index (χ3v) is 4.47. The maximum absolute atomic E-state index is 12.3. The highest BCUT2D eigenvalue weighted by atomic mass is 32.2. The average molecular weight is 271 g/mol. The first-order chi connectivity index (χ1) is 8.39. The lowest BCUT2D eigenvalue weighted by Gasteiger charge is -2.27. The topological polar surface area (TPSA) is 66.6 Å². The van der Waals surface area contributed by atoms with Gasteiger partial charge in [-0.1, -0.05) is 12.1 Å². The van der Waals surface area contributed by atoms with Crippen LogP contribution in [0.15, 0.2) is 24.3 Å². The molecule has 0 aliphatic rings. The maximum Gasteiger partial charge on any atom is 0.303 e. The van der Waals surface area contributed by atoms with Gasteiger partial charge in [-0.25, -0.2) is 0 Å². The lowest BCUT2D eigenvalue weighted by Crippen LogP contribution is -2.41. The van der Waals surface area contributed by atoms with Crippen LogP contribution < -0.4 is 10.0 Å². The van der Waals surface area contributed by atoms with E-state index in [1.165, 1.54) is 22.7 Å². The van der Waals surface area contributed by atoms with Crippen molar-refractivity contribution in [1.29, 1.82) is 0 Å². The summed E-state index contributed by atoms with van der Waals surface area (Å²) < 4.78 is 27.1. The molecule has 0 atom stereocenters. The summed E-state index contributed by atoms with van der Waals surface area (Å²) in [6.45, 7) is 2.79. The maximum atomic E-state index is 12.3. The predicted molar refractivity (Wildman–Crippen MR) is 74.8 cm³/mol. The van der Waals surface area contributed by atoms with Crippen molar-refractivity contribution in [3.05, 3.63) is 29.8 Å². The Hall–Kier alpha value is -1.11. The molecule has 0 saturated heterocycles. The van der Waals surface area contributed by atoms with Crippen molar-refractivity contribution in [3.63, 3.8) is 0 Å². The monoisotopic (exact) mass is 271 g/mol. The number of nitrogens with two attached hydrogens (primary N) is 1. The van der Waals surface area contributed by atoms with Gasteiger partial charge >= 0.3 is 10.2 Å². The molecule has 1 aromatic carbocycles. The Kier molecular flexibility index (Phi) is 5.13. The molecule has 18 heavy (non-hydrogen) atoms. The fourth-order valence-corrected chi connectivity index (χ4v) is 2.73. The highest BCUT2D eigenvalue weighted by Gasteiger charge is 2.24. The van der Waals surface area contributed by atoms with Crippen LogP contribution in [0, 0.1) is 6.92 Å². The van der Waals surface area contributed by atoms with Gasteiger partial charge in [0.25, 0.3) is 0 Å². The van der Waals surface area contributed by atoms with Crippen LogP contribution in [0.25, 0.3) is 0 Å². The van der Waals surface area contributed by atoms with Crippen LogP contribution >= 0.6 is 0 Å². The molecule has 0 heterocycles. The smallest absolute Gasteiger partial charge is 0.303 e. The first kappa shape index (κ1) is 14.9. The van der Waals surface area contributed by atoms with Gasteiger partial charge in [0, 0.05) is 20.6 Å². The summed E-state index contributed by atoms with van der Waals surface area (Å²) in [7, 11) is -0.413. The van der Waals surface area contributed by atoms with Crippen LogP contribution in [0.4, 0.5) is 5.69 Å². The number of anilines is 1. The highest BCUT2D eigenvalue weighted by molar-refractivity contribution is 7.90. The van der Waals surface area contributed by atoms with Gasteiger partial charge in [0.2, 0.25) is 0 Å². The van der Waals surface area contributed by atoms with Crippen LogP contribution in [0.2, 0.25) is 0 Å². The SMILES string of the molecule is Cc1cccc(N(CCCN)S(=O)(=O)N(C)C)c1. The molecule has 1 aromatic rings. The van der Waals surface area contributed by atoms with E-state index in [0.29, 0.717) is 25.2 Å². The molecule has 0 aliphatic heterocycles. The molecule has 0 fully saturated rings. The minimum absolute atomic E-state index is 0.389. The number of hydrogen-bond donors (Lipinski definition) is 1. The van der Waals surface area contributed by atoms with Crippen LogP contribution in [0.3, 0.4) is 0 Å². The molecule has 0 radical (unpaired) electrons. The second kappa shape index (κ2) is 6.17. The first-order valence-electron chi connectivity index (χ1n) is 5.86. The summed E-state index contributed by atoms with van der Waals surface area (Å²) in [6.07, 6.45) is 0.626. The van der Waals surface area contributed by atoms with Gasteiger partial charge in [0.05, 0.1) is 5.69 Å². The van der Waals surface area contributed by atoms with Crippen molar-refractivity contribution in [2.45, 2.75) is 13.3 Å². The predicted octanol–water partition coefficient (Wildman–Crippen LogP) is 0.957. The number of benzene rings is 1. The van der Waals surface area contributed by atoms with E-state index in [-0.39, 0.29) is 0 Å². The van der Waals surface area contributed by atoms with Crippen molar-refractivity contribution >= 4 is 15.9 Å². The molecule has 6 heteroatoms. The molecule has 1 rings (SSSR count). The zero-order chi connectivity index (χ0) is 13.8. The van der Waals surface area contributed by atoms with Crippen LogP contribution in [0.1, 0.15) is 12.0 Å². The lowest BCUT2D eigenvalue weighted by atomic mass is 10.2. The van der Waals surface area contributed by atoms with E-state index in [9.17, 15) is 8.42 Å². The molecule has 2 N–H and O–H groups in total. The van der Waals surface area contributed by atoms with E-state index in [1.807, 2.05) is 25.1 Å². The molecule has 0 unspecified atom stereocenters. The van der Waals surface area contributed by atoms with Gasteiger partial charge in [-0.15, -0.1) is 0 Å². The summed E-state index contributed by atoms with van der Waals surface area (Å²) >= 11 is 0. The lowest BCUT2D eigenvalue weighted by molar-refractivity contribution is 0.514. The van der Waals surface area contributed by atoms with Crippen LogP contribution in [0.5, 0.6) is 0 Å². The number of nitrogens with zero attached hydrogens (tertiary/aromatic N) is 2. The molecule has 5 nitrogen and oxygen atoms in total. The van der Waals surface area contributed by atoms with E-state index >= 15 is 0 Å². The normalized spacial score (nSPS) is 11.8. The molecule has 0 spiro atoms. The van der Waals surface area contributed by atoms with Crippen molar-refractivity contribution in [2.24, 2.45) is 5.73 Å². The fourth-order valence-electron chi connectivity index (χ4n) is 1.59. The minimum atomic E-state index is -3.47. The summed E-state index contributed by atoms with van der Waals surface area (Å²) in [5.41, 5.74) is 7.17. The molecule has 0 amide bonds. The first-order valence-corrected chi connectivity index (χ1v) is 7.26. The number of hydrogen-bond acceptors (Lipinski definition) is 3. The molecular formula is C12H21N3O2S. The van der Waals surface area contributed by atoms with E-state index in [4.69, 9.17) is 5.73 Å². The van der Waals surface area contributed by atoms with Crippen LogP contribution in [-0.4, -0.2) is 39.9 Å². The quantitative estimate of drug-likeness (QED) is 0.838. The van der Waals surface area contributed by atoms with E-state index in [0.717, 1.165) is 5.56 Å². The Morgan fingerprint density at radius 3 is 2.44 bits per heavy atom. The summed E-state index contributed by atoms with van der Waals surface area (Å²) in [4.78, 5) is 0. The van der Waals surface area contributed by atoms with Crippen molar-refractivity contribution in [2.75, 3.05) is 31.5 Å². The Labute approximate surface area is 109 Å². The van der Waals surface area contributed by atoms with Gasteiger partial charge in [0.1, 0.15) is 0 Å². The third kappa shape index (κ3) is 3.44. The molecule has 102 valence electrons. The van der Waals surface area contributed by atoms with Gasteiger partial charge in [-0.2, -0.15) is 12.7 Å². The zero-order valence-electron chi connectivity index (χ0n) is 11.1. The average Bonchev–Trinajstić information content (AvgIpc) is 2.29. The standard InChI is InChI=1S/C12H21N3O2S/c1-11-6-4-7-12(10-11)15(9-5-8-13)18(16,17)14(2)3/h4,6-7,10H,5,8-9,13H2,1-3H3.